The summed E-state index contributed by atoms with van der Waals surface area (Å²) in [5, 5.41) is 0. The highest BCUT2D eigenvalue weighted by atomic mass is 15.1. The van der Waals surface area contributed by atoms with Crippen LogP contribution in [0.15, 0.2) is 0 Å². The van der Waals surface area contributed by atoms with Crippen LogP contribution in [0, 0.1) is 11.8 Å². The molecule has 58 valence electrons. The first-order valence-electron chi connectivity index (χ1n) is 4.62. The predicted octanol–water partition coefficient (Wildman–Crippen LogP) is 1.74. The van der Waals surface area contributed by atoms with E-state index >= 15 is 0 Å². The third-order valence-electron chi connectivity index (χ3n) is 3.25. The van der Waals surface area contributed by atoms with Crippen LogP contribution in [0.4, 0.5) is 0 Å². The smallest absolute Gasteiger partial charge is 0.00128 e. The number of likely N-dealkylation sites (tertiary alicyclic amines) is 1. The normalized spacial score (nSPS) is 40.5. The molecule has 1 nitrogen and oxygen atoms in total. The maximum Gasteiger partial charge on any atom is 0.00128 e. The van der Waals surface area contributed by atoms with E-state index in [0.29, 0.717) is 0 Å². The van der Waals surface area contributed by atoms with Crippen molar-refractivity contribution in [1.82, 2.24) is 4.90 Å². The lowest BCUT2D eigenvalue weighted by molar-refractivity contribution is 0.328. The second-order valence-electron chi connectivity index (χ2n) is 3.80. The molecular formula is C9H17N. The second kappa shape index (κ2) is 2.54. The largest absolute Gasteiger partial charge is 0.303 e. The van der Waals surface area contributed by atoms with E-state index in [-0.39, 0.29) is 0 Å². The average Bonchev–Trinajstić information content (AvgIpc) is 2.42. The first kappa shape index (κ1) is 6.66. The lowest BCUT2D eigenvalue weighted by Crippen LogP contribution is -2.20. The van der Waals surface area contributed by atoms with Crippen molar-refractivity contribution in [2.24, 2.45) is 11.8 Å². The Hall–Kier alpha value is -0.0400. The molecule has 1 saturated carbocycles. The molecule has 2 rings (SSSR count). The molecule has 0 bridgehead atoms. The van der Waals surface area contributed by atoms with Gasteiger partial charge < -0.3 is 4.90 Å². The quantitative estimate of drug-likeness (QED) is 0.535. The molecule has 2 atom stereocenters. The summed E-state index contributed by atoms with van der Waals surface area (Å²) in [5.41, 5.74) is 0. The summed E-state index contributed by atoms with van der Waals surface area (Å²) in [4.78, 5) is 2.61. The Labute approximate surface area is 63.4 Å². The fourth-order valence-electron chi connectivity index (χ4n) is 2.59. The summed E-state index contributed by atoms with van der Waals surface area (Å²) in [7, 11) is 0. The fraction of sp³-hybridized carbons (Fsp3) is 1.00. The number of hydrogen-bond acceptors (Lipinski definition) is 1. The highest BCUT2D eigenvalue weighted by Gasteiger charge is 2.34. The van der Waals surface area contributed by atoms with Gasteiger partial charge in [-0.3, -0.25) is 0 Å². The Bertz CT molecular complexity index is 110. The summed E-state index contributed by atoms with van der Waals surface area (Å²) >= 11 is 0. The topological polar surface area (TPSA) is 3.24 Å². The minimum Gasteiger partial charge on any atom is -0.303 e. The molecule has 2 fully saturated rings. The molecular weight excluding hydrogens is 122 g/mol. The van der Waals surface area contributed by atoms with Crippen LogP contribution < -0.4 is 0 Å². The zero-order valence-electron chi connectivity index (χ0n) is 6.84. The van der Waals surface area contributed by atoms with Crippen molar-refractivity contribution in [3.8, 4) is 0 Å². The van der Waals surface area contributed by atoms with Crippen molar-refractivity contribution in [3.63, 3.8) is 0 Å². The van der Waals surface area contributed by atoms with Crippen LogP contribution in [0.5, 0.6) is 0 Å². The minimum atomic E-state index is 1.08. The van der Waals surface area contributed by atoms with Crippen LogP contribution in [0.3, 0.4) is 0 Å². The highest BCUT2D eigenvalue weighted by Crippen LogP contribution is 2.37. The molecule has 0 aromatic heterocycles. The molecule has 0 amide bonds. The zero-order valence-corrected chi connectivity index (χ0v) is 6.84. The van der Waals surface area contributed by atoms with Crippen LogP contribution >= 0.6 is 0 Å². The second-order valence-corrected chi connectivity index (χ2v) is 3.80. The summed E-state index contributed by atoms with van der Waals surface area (Å²) in [6.07, 6.45) is 4.54. The molecule has 10 heavy (non-hydrogen) atoms. The van der Waals surface area contributed by atoms with Gasteiger partial charge in [-0.25, -0.2) is 0 Å². The average molecular weight is 139 g/mol. The van der Waals surface area contributed by atoms with E-state index in [1.807, 2.05) is 0 Å². The molecule has 0 radical (unpaired) electrons. The Morgan fingerprint density at radius 3 is 2.30 bits per heavy atom. The van der Waals surface area contributed by atoms with Crippen molar-refractivity contribution < 1.29 is 0 Å². The minimum absolute atomic E-state index is 1.08. The highest BCUT2D eigenvalue weighted by molar-refractivity contribution is 4.87. The molecule has 0 N–H and O–H groups in total. The van der Waals surface area contributed by atoms with Gasteiger partial charge in [0, 0.05) is 13.1 Å². The first-order valence-corrected chi connectivity index (χ1v) is 4.62. The number of rotatable bonds is 1. The van der Waals surface area contributed by atoms with Crippen LogP contribution in [-0.2, 0) is 0 Å². The lowest BCUT2D eigenvalue weighted by atomic mass is 10.0. The molecule has 1 saturated heterocycles. The number of nitrogens with zero attached hydrogens (tertiary/aromatic N) is 1. The lowest BCUT2D eigenvalue weighted by Gasteiger charge is -2.12. The SMILES string of the molecule is CCN1CC2CCC[C@@H]2C1. The zero-order chi connectivity index (χ0) is 6.97. The summed E-state index contributed by atoms with van der Waals surface area (Å²) in [6.45, 7) is 6.36. The van der Waals surface area contributed by atoms with E-state index in [0.717, 1.165) is 11.8 Å². The standard InChI is InChI=1S/C9H17N/c1-2-10-6-8-4-3-5-9(8)7-10/h8-9H,2-7H2,1H3/t8-,9?/m1/s1. The van der Waals surface area contributed by atoms with Crippen LogP contribution in [0.25, 0.3) is 0 Å². The molecule has 2 aliphatic rings. The van der Waals surface area contributed by atoms with Gasteiger partial charge in [-0.15, -0.1) is 0 Å². The number of hydrogen-bond donors (Lipinski definition) is 0. The Morgan fingerprint density at radius 2 is 1.80 bits per heavy atom. The van der Waals surface area contributed by atoms with Gasteiger partial charge in [-0.05, 0) is 31.2 Å². The molecule has 0 aromatic carbocycles. The van der Waals surface area contributed by atoms with E-state index in [4.69, 9.17) is 0 Å². The molecule has 0 aromatic rings. The Morgan fingerprint density at radius 1 is 1.20 bits per heavy atom. The molecule has 1 unspecified atom stereocenters. The Kier molecular flexibility index (Phi) is 1.69. The summed E-state index contributed by atoms with van der Waals surface area (Å²) < 4.78 is 0. The molecule has 0 spiro atoms. The predicted molar refractivity (Wildman–Crippen MR) is 42.9 cm³/mol. The molecule has 1 heteroatoms. The van der Waals surface area contributed by atoms with E-state index in [1.165, 1.54) is 38.9 Å². The molecule has 1 aliphatic heterocycles. The van der Waals surface area contributed by atoms with E-state index in [1.54, 1.807) is 0 Å². The van der Waals surface area contributed by atoms with Crippen molar-refractivity contribution in [1.29, 1.82) is 0 Å². The van der Waals surface area contributed by atoms with Crippen molar-refractivity contribution >= 4 is 0 Å². The van der Waals surface area contributed by atoms with Crippen LogP contribution in [0.2, 0.25) is 0 Å². The van der Waals surface area contributed by atoms with Gasteiger partial charge >= 0.3 is 0 Å². The Balaban J connectivity index is 1.94. The van der Waals surface area contributed by atoms with Gasteiger partial charge in [0.1, 0.15) is 0 Å². The van der Waals surface area contributed by atoms with E-state index in [9.17, 15) is 0 Å². The molecule has 1 aliphatic carbocycles. The van der Waals surface area contributed by atoms with Gasteiger partial charge in [0.25, 0.3) is 0 Å². The number of fused-ring (bicyclic) bond motifs is 1. The maximum absolute atomic E-state index is 2.61. The van der Waals surface area contributed by atoms with Gasteiger partial charge in [-0.1, -0.05) is 13.3 Å². The molecule has 1 heterocycles. The van der Waals surface area contributed by atoms with Gasteiger partial charge in [0.2, 0.25) is 0 Å². The third kappa shape index (κ3) is 0.968. The van der Waals surface area contributed by atoms with Crippen LogP contribution in [-0.4, -0.2) is 24.5 Å². The van der Waals surface area contributed by atoms with Crippen molar-refractivity contribution in [2.45, 2.75) is 26.2 Å². The maximum atomic E-state index is 2.61. The first-order chi connectivity index (χ1) is 4.90. The monoisotopic (exact) mass is 139 g/mol. The van der Waals surface area contributed by atoms with Gasteiger partial charge in [0.05, 0.1) is 0 Å². The van der Waals surface area contributed by atoms with Gasteiger partial charge in [0.15, 0.2) is 0 Å². The fourth-order valence-corrected chi connectivity index (χ4v) is 2.59. The van der Waals surface area contributed by atoms with Gasteiger partial charge in [-0.2, -0.15) is 0 Å². The van der Waals surface area contributed by atoms with E-state index < -0.39 is 0 Å². The summed E-state index contributed by atoms with van der Waals surface area (Å²) in [5.74, 6) is 2.17. The van der Waals surface area contributed by atoms with Crippen molar-refractivity contribution in [2.75, 3.05) is 19.6 Å². The van der Waals surface area contributed by atoms with E-state index in [2.05, 4.69) is 11.8 Å². The van der Waals surface area contributed by atoms with Crippen LogP contribution in [0.1, 0.15) is 26.2 Å². The van der Waals surface area contributed by atoms with Crippen molar-refractivity contribution in [3.05, 3.63) is 0 Å². The summed E-state index contributed by atoms with van der Waals surface area (Å²) in [6, 6.07) is 0. The third-order valence-corrected chi connectivity index (χ3v) is 3.25.